The van der Waals surface area contributed by atoms with E-state index in [1.54, 1.807) is 20.8 Å². The van der Waals surface area contributed by atoms with Crippen molar-refractivity contribution in [1.29, 1.82) is 0 Å². The summed E-state index contributed by atoms with van der Waals surface area (Å²) in [5.41, 5.74) is 0. The molecule has 6 nitrogen and oxygen atoms in total. The summed E-state index contributed by atoms with van der Waals surface area (Å²) in [6, 6.07) is 5.34. The Kier molecular flexibility index (Phi) is 5.52. The minimum absolute atomic E-state index is 0.0308. The van der Waals surface area contributed by atoms with Crippen molar-refractivity contribution >= 4 is 15.9 Å². The molecule has 1 aromatic carbocycles. The maximum Gasteiger partial charge on any atom is 0.243 e. The summed E-state index contributed by atoms with van der Waals surface area (Å²) in [6.07, 6.45) is 0. The lowest BCUT2D eigenvalue weighted by Crippen LogP contribution is -2.42. The largest absolute Gasteiger partial charge is 0.508 e. The van der Waals surface area contributed by atoms with Crippen LogP contribution in [-0.4, -0.2) is 42.9 Å². The average molecular weight is 300 g/mol. The molecule has 0 bridgehead atoms. The molecule has 1 aromatic rings. The van der Waals surface area contributed by atoms with E-state index in [9.17, 15) is 18.3 Å². The number of likely N-dealkylation sites (N-methyl/N-ethyl adjacent to an activating group) is 1. The van der Waals surface area contributed by atoms with E-state index in [0.29, 0.717) is 0 Å². The molecular weight excluding hydrogens is 280 g/mol. The van der Waals surface area contributed by atoms with E-state index in [0.717, 1.165) is 4.31 Å². The predicted molar refractivity (Wildman–Crippen MR) is 75.8 cm³/mol. The van der Waals surface area contributed by atoms with Crippen LogP contribution in [0.3, 0.4) is 0 Å². The smallest absolute Gasteiger partial charge is 0.243 e. The molecule has 0 unspecified atom stereocenters. The van der Waals surface area contributed by atoms with Crippen LogP contribution in [0, 0.1) is 0 Å². The van der Waals surface area contributed by atoms with Crippen LogP contribution < -0.4 is 5.32 Å². The molecule has 1 rings (SSSR count). The zero-order chi connectivity index (χ0) is 15.3. The van der Waals surface area contributed by atoms with Gasteiger partial charge in [-0.1, -0.05) is 13.0 Å². The summed E-state index contributed by atoms with van der Waals surface area (Å²) in [6.45, 7) is 5.19. The third kappa shape index (κ3) is 4.21. The summed E-state index contributed by atoms with van der Waals surface area (Å²) in [7, 11) is -3.79. The Morgan fingerprint density at radius 1 is 1.40 bits per heavy atom. The van der Waals surface area contributed by atoms with Gasteiger partial charge >= 0.3 is 0 Å². The maximum absolute atomic E-state index is 12.4. The quantitative estimate of drug-likeness (QED) is 0.818. The molecule has 0 aliphatic carbocycles. The first-order valence-electron chi connectivity index (χ1n) is 6.36. The fourth-order valence-corrected chi connectivity index (χ4v) is 3.13. The summed E-state index contributed by atoms with van der Waals surface area (Å²) in [5.74, 6) is -0.487. The van der Waals surface area contributed by atoms with Crippen molar-refractivity contribution in [1.82, 2.24) is 9.62 Å². The Morgan fingerprint density at radius 2 is 2.05 bits per heavy atom. The van der Waals surface area contributed by atoms with Crippen LogP contribution in [0.1, 0.15) is 20.8 Å². The molecule has 0 aliphatic heterocycles. The monoisotopic (exact) mass is 300 g/mol. The first kappa shape index (κ1) is 16.5. The normalized spacial score (nSPS) is 11.8. The molecule has 1 amide bonds. The van der Waals surface area contributed by atoms with Crippen molar-refractivity contribution in [2.45, 2.75) is 31.7 Å². The van der Waals surface area contributed by atoms with Crippen LogP contribution in [-0.2, 0) is 14.8 Å². The lowest BCUT2D eigenvalue weighted by molar-refractivity contribution is -0.121. The highest BCUT2D eigenvalue weighted by Crippen LogP contribution is 2.19. The molecular formula is C13H20N2O4S. The Bertz CT molecular complexity index is 569. The van der Waals surface area contributed by atoms with Gasteiger partial charge in [-0.2, -0.15) is 4.31 Å². The van der Waals surface area contributed by atoms with Crippen molar-refractivity contribution < 1.29 is 18.3 Å². The van der Waals surface area contributed by atoms with Crippen molar-refractivity contribution in [3.8, 4) is 5.75 Å². The van der Waals surface area contributed by atoms with Crippen LogP contribution >= 0.6 is 0 Å². The SMILES string of the molecule is CCN(CC(=O)NC(C)C)S(=O)(=O)c1cccc(O)c1. The third-order valence-electron chi connectivity index (χ3n) is 2.58. The molecule has 2 N–H and O–H groups in total. The summed E-state index contributed by atoms with van der Waals surface area (Å²) in [5, 5.41) is 12.0. The fourth-order valence-electron chi connectivity index (χ4n) is 1.69. The predicted octanol–water partition coefficient (Wildman–Crippen LogP) is 0.927. The minimum Gasteiger partial charge on any atom is -0.508 e. The number of benzene rings is 1. The lowest BCUT2D eigenvalue weighted by atomic mass is 10.3. The first-order valence-corrected chi connectivity index (χ1v) is 7.80. The molecule has 7 heteroatoms. The van der Waals surface area contributed by atoms with E-state index >= 15 is 0 Å². The van der Waals surface area contributed by atoms with Gasteiger partial charge in [-0.05, 0) is 32.0 Å². The zero-order valence-corrected chi connectivity index (χ0v) is 12.6. The molecule has 0 aromatic heterocycles. The van der Waals surface area contributed by atoms with Crippen LogP contribution in [0.25, 0.3) is 0 Å². The molecule has 0 aliphatic rings. The summed E-state index contributed by atoms with van der Waals surface area (Å²) in [4.78, 5) is 11.7. The maximum atomic E-state index is 12.4. The Balaban J connectivity index is 2.96. The number of phenols is 1. The van der Waals surface area contributed by atoms with Gasteiger partial charge < -0.3 is 10.4 Å². The van der Waals surface area contributed by atoms with Crippen LogP contribution in [0.15, 0.2) is 29.2 Å². The topological polar surface area (TPSA) is 86.7 Å². The van der Waals surface area contributed by atoms with Crippen molar-refractivity contribution in [3.05, 3.63) is 24.3 Å². The Hall–Kier alpha value is -1.60. The first-order chi connectivity index (χ1) is 9.27. The van der Waals surface area contributed by atoms with Crippen molar-refractivity contribution in [3.63, 3.8) is 0 Å². The van der Waals surface area contributed by atoms with Gasteiger partial charge in [0.05, 0.1) is 11.4 Å². The van der Waals surface area contributed by atoms with Gasteiger partial charge in [0.2, 0.25) is 15.9 Å². The van der Waals surface area contributed by atoms with E-state index in [1.165, 1.54) is 24.3 Å². The zero-order valence-electron chi connectivity index (χ0n) is 11.8. The Labute approximate surface area is 119 Å². The van der Waals surface area contributed by atoms with E-state index < -0.39 is 10.0 Å². The molecule has 0 heterocycles. The van der Waals surface area contributed by atoms with Gasteiger partial charge in [0.15, 0.2) is 0 Å². The van der Waals surface area contributed by atoms with E-state index in [2.05, 4.69) is 5.32 Å². The highest BCUT2D eigenvalue weighted by atomic mass is 32.2. The molecule has 0 atom stereocenters. The van der Waals surface area contributed by atoms with Gasteiger partial charge in [0.25, 0.3) is 0 Å². The third-order valence-corrected chi connectivity index (χ3v) is 4.49. The van der Waals surface area contributed by atoms with Gasteiger partial charge in [-0.25, -0.2) is 8.42 Å². The molecule has 0 spiro atoms. The van der Waals surface area contributed by atoms with E-state index in [-0.39, 0.29) is 35.7 Å². The number of aromatic hydroxyl groups is 1. The number of sulfonamides is 1. The molecule has 112 valence electrons. The highest BCUT2D eigenvalue weighted by molar-refractivity contribution is 7.89. The number of carbonyl (C=O) groups excluding carboxylic acids is 1. The average Bonchev–Trinajstić information content (AvgIpc) is 2.34. The second-order valence-corrected chi connectivity index (χ2v) is 6.59. The van der Waals surface area contributed by atoms with Gasteiger partial charge in [-0.3, -0.25) is 4.79 Å². The van der Waals surface area contributed by atoms with E-state index in [4.69, 9.17) is 0 Å². The second kappa shape index (κ2) is 6.71. The number of carbonyl (C=O) groups is 1. The molecule has 0 saturated heterocycles. The van der Waals surface area contributed by atoms with Crippen LogP contribution in [0.4, 0.5) is 0 Å². The van der Waals surface area contributed by atoms with Gasteiger partial charge in [0, 0.05) is 12.6 Å². The molecule has 20 heavy (non-hydrogen) atoms. The number of amides is 1. The lowest BCUT2D eigenvalue weighted by Gasteiger charge is -2.20. The summed E-state index contributed by atoms with van der Waals surface area (Å²) < 4.78 is 25.8. The number of rotatable bonds is 6. The Morgan fingerprint density at radius 3 is 2.55 bits per heavy atom. The number of nitrogens with one attached hydrogen (secondary N) is 1. The highest BCUT2D eigenvalue weighted by Gasteiger charge is 2.25. The van der Waals surface area contributed by atoms with Crippen LogP contribution in [0.2, 0.25) is 0 Å². The number of phenolic OH excluding ortho intramolecular Hbond substituents is 1. The standard InChI is InChI=1S/C13H20N2O4S/c1-4-15(9-13(17)14-10(2)3)20(18,19)12-7-5-6-11(16)8-12/h5-8,10,16H,4,9H2,1-3H3,(H,14,17). The van der Waals surface area contributed by atoms with E-state index in [1.807, 2.05) is 0 Å². The second-order valence-electron chi connectivity index (χ2n) is 4.65. The van der Waals surface area contributed by atoms with Gasteiger partial charge in [0.1, 0.15) is 5.75 Å². The van der Waals surface area contributed by atoms with Crippen molar-refractivity contribution in [2.24, 2.45) is 0 Å². The van der Waals surface area contributed by atoms with Gasteiger partial charge in [-0.15, -0.1) is 0 Å². The fraction of sp³-hybridized carbons (Fsp3) is 0.462. The van der Waals surface area contributed by atoms with Crippen LogP contribution in [0.5, 0.6) is 5.75 Å². The molecule has 0 saturated carbocycles. The minimum atomic E-state index is -3.79. The number of hydrogen-bond acceptors (Lipinski definition) is 4. The van der Waals surface area contributed by atoms with Crippen molar-refractivity contribution in [2.75, 3.05) is 13.1 Å². The molecule has 0 fully saturated rings. The molecule has 0 radical (unpaired) electrons. The number of hydrogen-bond donors (Lipinski definition) is 2. The summed E-state index contributed by atoms with van der Waals surface area (Å²) >= 11 is 0. The number of nitrogens with zero attached hydrogens (tertiary/aromatic N) is 1.